The quantitative estimate of drug-likeness (QED) is 0.832. The summed E-state index contributed by atoms with van der Waals surface area (Å²) in [5, 5.41) is 18.8. The highest BCUT2D eigenvalue weighted by Gasteiger charge is 2.38. The zero-order chi connectivity index (χ0) is 20.8. The molecule has 156 valence electrons. The number of halogens is 3. The van der Waals surface area contributed by atoms with Gasteiger partial charge in [0.15, 0.2) is 5.82 Å². The van der Waals surface area contributed by atoms with Gasteiger partial charge in [0.2, 0.25) is 0 Å². The predicted octanol–water partition coefficient (Wildman–Crippen LogP) is 4.10. The van der Waals surface area contributed by atoms with E-state index in [9.17, 15) is 18.3 Å². The van der Waals surface area contributed by atoms with Gasteiger partial charge in [-0.15, -0.1) is 10.2 Å². The summed E-state index contributed by atoms with van der Waals surface area (Å²) in [6, 6.07) is 5.77. The average Bonchev–Trinajstić information content (AvgIpc) is 3.10. The maximum atomic E-state index is 12.9. The van der Waals surface area contributed by atoms with Crippen LogP contribution in [0.3, 0.4) is 0 Å². The van der Waals surface area contributed by atoms with Gasteiger partial charge in [0.05, 0.1) is 11.3 Å². The standard InChI is InChI=1S/C21H25F3N4O/c1-3-27-8-6-14-7-9-28(17(14)12-27)19-5-4-16(25-26-19)20-13(2)10-15(11-18(20)29)21(22,23)24/h4-5,10-11,14,17,29H,3,6-9,12H2,1-2H3/t14-,17-/m0/s1. The molecule has 8 heteroatoms. The Morgan fingerprint density at radius 3 is 2.52 bits per heavy atom. The SMILES string of the molecule is CCN1CC[C@H]2CCN(c3ccc(-c4c(C)cc(C(F)(F)F)cc4O)nn3)[C@H]2C1. The number of likely N-dealkylation sites (N-methyl/N-ethyl adjacent to an activating group) is 1. The number of aromatic hydroxyl groups is 1. The van der Waals surface area contributed by atoms with Crippen molar-refractivity contribution in [2.75, 3.05) is 31.1 Å². The van der Waals surface area contributed by atoms with Crippen molar-refractivity contribution in [3.05, 3.63) is 35.4 Å². The summed E-state index contributed by atoms with van der Waals surface area (Å²) >= 11 is 0. The topological polar surface area (TPSA) is 52.5 Å². The van der Waals surface area contributed by atoms with Gasteiger partial charge in [0.25, 0.3) is 0 Å². The number of piperidine rings is 1. The molecule has 0 amide bonds. The van der Waals surface area contributed by atoms with Gasteiger partial charge in [0, 0.05) is 24.7 Å². The van der Waals surface area contributed by atoms with Crippen LogP contribution in [0.25, 0.3) is 11.3 Å². The molecule has 2 fully saturated rings. The maximum Gasteiger partial charge on any atom is 0.416 e. The first-order valence-electron chi connectivity index (χ1n) is 10.0. The van der Waals surface area contributed by atoms with E-state index in [1.165, 1.54) is 13.3 Å². The molecule has 1 aromatic carbocycles. The van der Waals surface area contributed by atoms with Crippen LogP contribution in [0.5, 0.6) is 5.75 Å². The number of aryl methyl sites for hydroxylation is 1. The Balaban J connectivity index is 1.59. The van der Waals surface area contributed by atoms with Crippen molar-refractivity contribution in [2.45, 2.75) is 38.9 Å². The lowest BCUT2D eigenvalue weighted by molar-refractivity contribution is -0.137. The Morgan fingerprint density at radius 2 is 1.90 bits per heavy atom. The summed E-state index contributed by atoms with van der Waals surface area (Å²) in [6.07, 6.45) is -2.17. The van der Waals surface area contributed by atoms with Crippen LogP contribution in [-0.4, -0.2) is 52.4 Å². The van der Waals surface area contributed by atoms with Crippen molar-refractivity contribution in [3.63, 3.8) is 0 Å². The van der Waals surface area contributed by atoms with Gasteiger partial charge < -0.3 is 14.9 Å². The van der Waals surface area contributed by atoms with Crippen LogP contribution in [0.4, 0.5) is 19.0 Å². The number of hydrogen-bond donors (Lipinski definition) is 1. The number of fused-ring (bicyclic) bond motifs is 1. The lowest BCUT2D eigenvalue weighted by Crippen LogP contribution is -2.48. The Kier molecular flexibility index (Phi) is 5.14. The molecule has 29 heavy (non-hydrogen) atoms. The summed E-state index contributed by atoms with van der Waals surface area (Å²) in [5.41, 5.74) is 0.0893. The molecule has 5 nitrogen and oxygen atoms in total. The second-order valence-corrected chi connectivity index (χ2v) is 7.95. The summed E-state index contributed by atoms with van der Waals surface area (Å²) in [4.78, 5) is 4.74. The molecule has 4 rings (SSSR count). The van der Waals surface area contributed by atoms with Crippen LogP contribution < -0.4 is 4.90 Å². The molecular formula is C21H25F3N4O. The lowest BCUT2D eigenvalue weighted by Gasteiger charge is -2.38. The molecule has 0 saturated carbocycles. The number of nitrogens with zero attached hydrogens (tertiary/aromatic N) is 4. The van der Waals surface area contributed by atoms with Crippen LogP contribution in [0.15, 0.2) is 24.3 Å². The highest BCUT2D eigenvalue weighted by atomic mass is 19.4. The third-order valence-corrected chi connectivity index (χ3v) is 6.24. The first-order chi connectivity index (χ1) is 13.8. The van der Waals surface area contributed by atoms with Gasteiger partial charge in [-0.2, -0.15) is 13.2 Å². The van der Waals surface area contributed by atoms with Crippen molar-refractivity contribution < 1.29 is 18.3 Å². The van der Waals surface area contributed by atoms with Crippen molar-refractivity contribution in [1.82, 2.24) is 15.1 Å². The summed E-state index contributed by atoms with van der Waals surface area (Å²) in [6.45, 7) is 7.84. The Morgan fingerprint density at radius 1 is 1.14 bits per heavy atom. The lowest BCUT2D eigenvalue weighted by atomic mass is 9.92. The van der Waals surface area contributed by atoms with E-state index >= 15 is 0 Å². The Bertz CT molecular complexity index is 861. The average molecular weight is 406 g/mol. The second kappa shape index (κ2) is 7.48. The molecule has 1 aromatic heterocycles. The molecule has 2 saturated heterocycles. The fraction of sp³-hybridized carbons (Fsp3) is 0.524. The fourth-order valence-corrected chi connectivity index (χ4v) is 4.66. The number of alkyl halides is 3. The van der Waals surface area contributed by atoms with Gasteiger partial charge >= 0.3 is 6.18 Å². The summed E-state index contributed by atoms with van der Waals surface area (Å²) in [7, 11) is 0. The molecule has 1 N–H and O–H groups in total. The minimum atomic E-state index is -4.50. The molecule has 3 heterocycles. The molecule has 0 aliphatic carbocycles. The van der Waals surface area contributed by atoms with E-state index < -0.39 is 17.5 Å². The first-order valence-corrected chi connectivity index (χ1v) is 10.0. The molecule has 0 spiro atoms. The first kappa shape index (κ1) is 19.9. The zero-order valence-corrected chi connectivity index (χ0v) is 16.6. The Hall–Kier alpha value is -2.35. The van der Waals surface area contributed by atoms with E-state index in [1.807, 2.05) is 6.07 Å². The van der Waals surface area contributed by atoms with E-state index in [-0.39, 0.29) is 5.56 Å². The zero-order valence-electron chi connectivity index (χ0n) is 16.6. The molecule has 2 aliphatic heterocycles. The monoisotopic (exact) mass is 406 g/mol. The number of rotatable bonds is 3. The van der Waals surface area contributed by atoms with E-state index in [4.69, 9.17) is 0 Å². The van der Waals surface area contributed by atoms with E-state index in [0.29, 0.717) is 23.2 Å². The fourth-order valence-electron chi connectivity index (χ4n) is 4.66. The number of likely N-dealkylation sites (tertiary alicyclic amines) is 1. The van der Waals surface area contributed by atoms with Crippen molar-refractivity contribution in [3.8, 4) is 17.0 Å². The van der Waals surface area contributed by atoms with Gasteiger partial charge in [0.1, 0.15) is 5.75 Å². The molecule has 0 bridgehead atoms. The second-order valence-electron chi connectivity index (χ2n) is 7.95. The van der Waals surface area contributed by atoms with Crippen molar-refractivity contribution in [1.29, 1.82) is 0 Å². The minimum absolute atomic E-state index is 0.283. The molecule has 0 radical (unpaired) electrons. The normalized spacial score (nSPS) is 22.7. The van der Waals surface area contributed by atoms with Gasteiger partial charge in [-0.3, -0.25) is 0 Å². The number of phenols is 1. The summed E-state index contributed by atoms with van der Waals surface area (Å²) in [5.74, 6) is 1.01. The van der Waals surface area contributed by atoms with Crippen molar-refractivity contribution in [2.24, 2.45) is 5.92 Å². The Labute approximate surface area is 168 Å². The number of aromatic nitrogens is 2. The van der Waals surface area contributed by atoms with Crippen LogP contribution in [0.2, 0.25) is 0 Å². The third-order valence-electron chi connectivity index (χ3n) is 6.24. The number of anilines is 1. The molecular weight excluding hydrogens is 381 g/mol. The third kappa shape index (κ3) is 3.77. The van der Waals surface area contributed by atoms with Crippen LogP contribution in [-0.2, 0) is 6.18 Å². The molecule has 2 atom stereocenters. The summed E-state index contributed by atoms with van der Waals surface area (Å²) < 4.78 is 38.8. The van der Waals surface area contributed by atoms with Crippen LogP contribution in [0.1, 0.15) is 30.9 Å². The molecule has 0 unspecified atom stereocenters. The van der Waals surface area contributed by atoms with Crippen LogP contribution in [0, 0.1) is 12.8 Å². The number of benzene rings is 1. The minimum Gasteiger partial charge on any atom is -0.507 e. The van der Waals surface area contributed by atoms with E-state index in [1.54, 1.807) is 6.07 Å². The largest absolute Gasteiger partial charge is 0.507 e. The smallest absolute Gasteiger partial charge is 0.416 e. The van der Waals surface area contributed by atoms with E-state index in [2.05, 4.69) is 26.9 Å². The molecule has 2 aliphatic rings. The van der Waals surface area contributed by atoms with Gasteiger partial charge in [-0.25, -0.2) is 0 Å². The predicted molar refractivity (Wildman–Crippen MR) is 105 cm³/mol. The van der Waals surface area contributed by atoms with Gasteiger partial charge in [-0.05, 0) is 68.6 Å². The maximum absolute atomic E-state index is 12.9. The van der Waals surface area contributed by atoms with Gasteiger partial charge in [-0.1, -0.05) is 6.92 Å². The highest BCUT2D eigenvalue weighted by molar-refractivity contribution is 5.71. The van der Waals surface area contributed by atoms with Crippen molar-refractivity contribution >= 4 is 5.82 Å². The van der Waals surface area contributed by atoms with E-state index in [0.717, 1.165) is 50.6 Å². The number of hydrogen-bond acceptors (Lipinski definition) is 5. The number of phenolic OH excluding ortho intramolecular Hbond substituents is 1. The highest BCUT2D eigenvalue weighted by Crippen LogP contribution is 2.39. The van der Waals surface area contributed by atoms with Crippen LogP contribution >= 0.6 is 0 Å². The molecule has 2 aromatic rings.